The van der Waals surface area contributed by atoms with Crippen LogP contribution in [0.2, 0.25) is 0 Å². The highest BCUT2D eigenvalue weighted by Gasteiger charge is 2.15. The predicted octanol–water partition coefficient (Wildman–Crippen LogP) is 1.13. The molecule has 122 valence electrons. The number of rotatable bonds is 11. The van der Waals surface area contributed by atoms with Gasteiger partial charge in [0.25, 0.3) is 0 Å². The Kier molecular flexibility index (Phi) is 7.95. The lowest BCUT2D eigenvalue weighted by molar-refractivity contribution is 0.293. The van der Waals surface area contributed by atoms with Gasteiger partial charge in [0, 0.05) is 31.5 Å². The average molecular weight is 316 g/mol. The highest BCUT2D eigenvalue weighted by Crippen LogP contribution is 2.10. The Bertz CT molecular complexity index is 499. The van der Waals surface area contributed by atoms with Crippen molar-refractivity contribution in [2.45, 2.75) is 38.6 Å². The van der Waals surface area contributed by atoms with Crippen molar-refractivity contribution in [2.24, 2.45) is 0 Å². The van der Waals surface area contributed by atoms with Gasteiger partial charge in [-0.15, -0.1) is 0 Å². The van der Waals surface area contributed by atoms with E-state index in [2.05, 4.69) is 33.8 Å². The molecule has 0 unspecified atom stereocenters. The number of sulfonamides is 1. The van der Waals surface area contributed by atoms with Crippen molar-refractivity contribution in [3.05, 3.63) is 18.0 Å². The van der Waals surface area contributed by atoms with Crippen molar-refractivity contribution in [1.29, 1.82) is 0 Å². The van der Waals surface area contributed by atoms with E-state index in [1.165, 1.54) is 0 Å². The minimum atomic E-state index is -3.42. The van der Waals surface area contributed by atoms with E-state index in [0.29, 0.717) is 18.0 Å². The summed E-state index contributed by atoms with van der Waals surface area (Å²) < 4.78 is 27.0. The summed E-state index contributed by atoms with van der Waals surface area (Å²) in [4.78, 5) is 5.52. The molecule has 0 spiro atoms. The number of hydrogen-bond donors (Lipinski definition) is 3. The summed E-state index contributed by atoms with van der Waals surface area (Å²) in [7, 11) is -3.42. The summed E-state index contributed by atoms with van der Waals surface area (Å²) in [6.45, 7) is 10.8. The second kappa shape index (κ2) is 9.19. The molecule has 0 aliphatic heterocycles. The van der Waals surface area contributed by atoms with Gasteiger partial charge in [-0.05, 0) is 32.1 Å². The molecule has 0 saturated heterocycles. The molecule has 1 rings (SSSR count). The molecule has 0 atom stereocenters. The number of hydrogen-bond acceptors (Lipinski definition) is 4. The largest absolute Gasteiger partial charge is 0.363 e. The zero-order chi connectivity index (χ0) is 15.7. The Balaban J connectivity index is 2.51. The van der Waals surface area contributed by atoms with Gasteiger partial charge in [-0.2, -0.15) is 0 Å². The molecule has 0 bridgehead atoms. The molecule has 21 heavy (non-hydrogen) atoms. The zero-order valence-electron chi connectivity index (χ0n) is 13.3. The Morgan fingerprint density at radius 1 is 1.24 bits per heavy atom. The highest BCUT2D eigenvalue weighted by molar-refractivity contribution is 7.89. The molecule has 7 heteroatoms. The number of likely N-dealkylation sites (N-methyl/N-ethyl adjacent to an activating group) is 1. The third-order valence-electron chi connectivity index (χ3n) is 3.30. The lowest BCUT2D eigenvalue weighted by Crippen LogP contribution is -2.35. The van der Waals surface area contributed by atoms with Crippen LogP contribution in [0.1, 0.15) is 32.9 Å². The van der Waals surface area contributed by atoms with Crippen molar-refractivity contribution in [2.75, 3.05) is 32.7 Å². The van der Waals surface area contributed by atoms with Crippen LogP contribution in [-0.2, 0) is 16.6 Å². The Labute approximate surface area is 128 Å². The fraction of sp³-hybridized carbons (Fsp3) is 0.714. The topological polar surface area (TPSA) is 77.2 Å². The average Bonchev–Trinajstić information content (AvgIpc) is 2.93. The fourth-order valence-corrected chi connectivity index (χ4v) is 3.14. The molecular weight excluding hydrogens is 288 g/mol. The van der Waals surface area contributed by atoms with Crippen molar-refractivity contribution in [3.8, 4) is 0 Å². The van der Waals surface area contributed by atoms with Gasteiger partial charge in [0.05, 0.1) is 4.90 Å². The summed E-state index contributed by atoms with van der Waals surface area (Å²) in [6.07, 6.45) is 2.62. The minimum absolute atomic E-state index is 0.300. The van der Waals surface area contributed by atoms with E-state index in [1.807, 2.05) is 6.92 Å². The number of nitrogens with zero attached hydrogens (tertiary/aromatic N) is 1. The van der Waals surface area contributed by atoms with Gasteiger partial charge in [0.1, 0.15) is 0 Å². The molecule has 0 saturated carbocycles. The smallest absolute Gasteiger partial charge is 0.242 e. The summed E-state index contributed by atoms with van der Waals surface area (Å²) in [6, 6.07) is 1.68. The molecule has 0 radical (unpaired) electrons. The van der Waals surface area contributed by atoms with Gasteiger partial charge in [-0.3, -0.25) is 0 Å². The SMILES string of the molecule is CCCN(CC)CCNS(=O)(=O)c1c[nH]c(CNCC)c1. The maximum absolute atomic E-state index is 12.2. The van der Waals surface area contributed by atoms with Crippen molar-refractivity contribution < 1.29 is 8.42 Å². The van der Waals surface area contributed by atoms with Crippen LogP contribution in [0.3, 0.4) is 0 Å². The normalized spacial score (nSPS) is 12.2. The second-order valence-electron chi connectivity index (χ2n) is 4.97. The summed E-state index contributed by atoms with van der Waals surface area (Å²) in [5, 5.41) is 3.16. The molecule has 0 fully saturated rings. The number of H-pyrrole nitrogens is 1. The standard InChI is InChI=1S/C14H28N4O2S/c1-4-8-18(6-3)9-7-17-21(19,20)14-10-13(16-12-14)11-15-5-2/h10,12,15-17H,4-9,11H2,1-3H3. The summed E-state index contributed by atoms with van der Waals surface area (Å²) in [5.41, 5.74) is 0.874. The van der Waals surface area contributed by atoms with Crippen molar-refractivity contribution in [3.63, 3.8) is 0 Å². The number of aromatic amines is 1. The first-order valence-electron chi connectivity index (χ1n) is 7.63. The molecule has 3 N–H and O–H groups in total. The van der Waals surface area contributed by atoms with E-state index in [0.717, 1.165) is 38.3 Å². The Hall–Kier alpha value is -0.890. The molecular formula is C14H28N4O2S. The molecule has 0 aliphatic carbocycles. The third kappa shape index (κ3) is 6.17. The van der Waals surface area contributed by atoms with Gasteiger partial charge in [-0.25, -0.2) is 13.1 Å². The first kappa shape index (κ1) is 18.2. The van der Waals surface area contributed by atoms with E-state index < -0.39 is 10.0 Å². The molecule has 0 aliphatic rings. The predicted molar refractivity (Wildman–Crippen MR) is 85.8 cm³/mol. The summed E-state index contributed by atoms with van der Waals surface area (Å²) in [5.74, 6) is 0. The van der Waals surface area contributed by atoms with Gasteiger partial charge in [0.15, 0.2) is 0 Å². The maximum atomic E-state index is 12.2. The van der Waals surface area contributed by atoms with Crippen LogP contribution in [0.5, 0.6) is 0 Å². The van der Waals surface area contributed by atoms with Crippen molar-refractivity contribution >= 4 is 10.0 Å². The Morgan fingerprint density at radius 3 is 2.62 bits per heavy atom. The number of nitrogens with one attached hydrogen (secondary N) is 3. The van der Waals surface area contributed by atoms with E-state index >= 15 is 0 Å². The first-order valence-corrected chi connectivity index (χ1v) is 9.11. The van der Waals surface area contributed by atoms with Gasteiger partial charge >= 0.3 is 0 Å². The lowest BCUT2D eigenvalue weighted by atomic mass is 10.4. The monoisotopic (exact) mass is 316 g/mol. The van der Waals surface area contributed by atoms with E-state index in [1.54, 1.807) is 12.3 Å². The second-order valence-corrected chi connectivity index (χ2v) is 6.74. The molecule has 1 heterocycles. The summed E-state index contributed by atoms with van der Waals surface area (Å²) >= 11 is 0. The lowest BCUT2D eigenvalue weighted by Gasteiger charge is -2.19. The van der Waals surface area contributed by atoms with Crippen LogP contribution >= 0.6 is 0 Å². The van der Waals surface area contributed by atoms with E-state index in [4.69, 9.17) is 0 Å². The molecule has 0 amide bonds. The van der Waals surface area contributed by atoms with Gasteiger partial charge in [-0.1, -0.05) is 20.8 Å². The maximum Gasteiger partial charge on any atom is 0.242 e. The minimum Gasteiger partial charge on any atom is -0.363 e. The fourth-order valence-electron chi connectivity index (χ4n) is 2.10. The molecule has 6 nitrogen and oxygen atoms in total. The Morgan fingerprint density at radius 2 is 2.00 bits per heavy atom. The van der Waals surface area contributed by atoms with Crippen molar-refractivity contribution in [1.82, 2.24) is 19.9 Å². The molecule has 1 aromatic heterocycles. The number of aromatic nitrogens is 1. The van der Waals surface area contributed by atoms with Crippen LogP contribution in [-0.4, -0.2) is 51.0 Å². The van der Waals surface area contributed by atoms with Crippen LogP contribution < -0.4 is 10.0 Å². The third-order valence-corrected chi connectivity index (χ3v) is 4.74. The first-order chi connectivity index (χ1) is 10.0. The van der Waals surface area contributed by atoms with E-state index in [9.17, 15) is 8.42 Å². The van der Waals surface area contributed by atoms with Crippen LogP contribution in [0, 0.1) is 0 Å². The molecule has 0 aromatic carbocycles. The highest BCUT2D eigenvalue weighted by atomic mass is 32.2. The quantitative estimate of drug-likeness (QED) is 0.572. The van der Waals surface area contributed by atoms with E-state index in [-0.39, 0.29) is 0 Å². The molecule has 1 aromatic rings. The van der Waals surface area contributed by atoms with Crippen LogP contribution in [0.15, 0.2) is 17.2 Å². The van der Waals surface area contributed by atoms with Crippen LogP contribution in [0.4, 0.5) is 0 Å². The van der Waals surface area contributed by atoms with Crippen LogP contribution in [0.25, 0.3) is 0 Å². The van der Waals surface area contributed by atoms with Gasteiger partial charge in [0.2, 0.25) is 10.0 Å². The van der Waals surface area contributed by atoms with Gasteiger partial charge < -0.3 is 15.2 Å². The zero-order valence-corrected chi connectivity index (χ0v) is 14.1.